The van der Waals surface area contributed by atoms with E-state index < -0.39 is 0 Å². The number of aromatic nitrogens is 1. The fraction of sp³-hybridized carbons (Fsp3) is 0.382. The highest BCUT2D eigenvalue weighted by Crippen LogP contribution is 2.39. The number of nitrogens with zero attached hydrogens (tertiary/aromatic N) is 1. The van der Waals surface area contributed by atoms with Crippen molar-refractivity contribution in [3.8, 4) is 11.5 Å². The zero-order valence-corrected chi connectivity index (χ0v) is 25.0. The van der Waals surface area contributed by atoms with Gasteiger partial charge in [-0.1, -0.05) is 62.1 Å². The lowest BCUT2D eigenvalue weighted by molar-refractivity contribution is 0.135. The number of rotatable bonds is 11. The van der Waals surface area contributed by atoms with Crippen molar-refractivity contribution < 1.29 is 14.3 Å². The van der Waals surface area contributed by atoms with Gasteiger partial charge >= 0.3 is 6.09 Å². The van der Waals surface area contributed by atoms with Crippen molar-refractivity contribution in [3.05, 3.63) is 94.1 Å². The maximum atomic E-state index is 13.5. The smallest absolute Gasteiger partial charge is 0.416 e. The molecule has 1 aromatic heterocycles. The molecule has 41 heavy (non-hydrogen) atoms. The Morgan fingerprint density at radius 2 is 1.73 bits per heavy atom. The zero-order valence-electron chi connectivity index (χ0n) is 24.2. The van der Waals surface area contributed by atoms with Crippen molar-refractivity contribution >= 4 is 28.6 Å². The molecular weight excluding hydrogens is 534 g/mol. The van der Waals surface area contributed by atoms with E-state index in [-0.39, 0.29) is 12.1 Å². The predicted octanol–water partition coefficient (Wildman–Crippen LogP) is 8.21. The van der Waals surface area contributed by atoms with Crippen molar-refractivity contribution in [2.75, 3.05) is 19.7 Å². The second-order valence-electron chi connectivity index (χ2n) is 11.2. The normalized spacial score (nSPS) is 14.9. The van der Waals surface area contributed by atoms with Crippen LogP contribution in [0.2, 0.25) is 5.02 Å². The first kappa shape index (κ1) is 29.0. The molecule has 7 heteroatoms. The number of carbonyl (C=O) groups excluding carboxylic acids is 1. The Kier molecular flexibility index (Phi) is 9.53. The summed E-state index contributed by atoms with van der Waals surface area (Å²) in [6.07, 6.45) is 4.96. The molecule has 2 N–H and O–H groups in total. The van der Waals surface area contributed by atoms with Gasteiger partial charge in [-0.3, -0.25) is 4.90 Å². The minimum Gasteiger partial charge on any atom is -0.494 e. The number of hydrogen-bond acceptors (Lipinski definition) is 4. The standard InChI is InChI=1S/C34H40ClN3O3/c1-23(2)36-19-6-4-5-7-21-40-27-13-9-25(10-14-27)33-32-29(30-22-24(3)8-17-31(30)37-32)18-20-38(33)34(39)41-28-15-11-26(35)12-16-28/h8-17,22-23,33,36-37H,4-7,18-21H2,1-3H3. The van der Waals surface area contributed by atoms with E-state index in [4.69, 9.17) is 21.1 Å². The SMILES string of the molecule is Cc1ccc2[nH]c3c(c2c1)CCN(C(=O)Oc1ccc(Cl)cc1)C3c1ccc(OCCCCCCNC(C)C)cc1. The maximum Gasteiger partial charge on any atom is 0.416 e. The van der Waals surface area contributed by atoms with E-state index in [9.17, 15) is 4.79 Å². The Labute approximate surface area is 248 Å². The minimum atomic E-state index is -0.387. The van der Waals surface area contributed by atoms with Gasteiger partial charge in [0.25, 0.3) is 0 Å². The zero-order chi connectivity index (χ0) is 28.8. The first-order valence-electron chi connectivity index (χ1n) is 14.7. The third-order valence-electron chi connectivity index (χ3n) is 7.62. The Balaban J connectivity index is 1.31. The van der Waals surface area contributed by atoms with Crippen LogP contribution in [0.15, 0.2) is 66.7 Å². The lowest BCUT2D eigenvalue weighted by Gasteiger charge is -2.35. The molecule has 0 saturated heterocycles. The highest BCUT2D eigenvalue weighted by molar-refractivity contribution is 6.30. The number of ether oxygens (including phenoxy) is 2. The van der Waals surface area contributed by atoms with Gasteiger partial charge in [0.05, 0.1) is 6.61 Å². The third-order valence-corrected chi connectivity index (χ3v) is 7.88. The van der Waals surface area contributed by atoms with Gasteiger partial charge in [0.15, 0.2) is 0 Å². The molecule has 1 unspecified atom stereocenters. The summed E-state index contributed by atoms with van der Waals surface area (Å²) in [7, 11) is 0. The van der Waals surface area contributed by atoms with E-state index >= 15 is 0 Å². The van der Waals surface area contributed by atoms with Crippen LogP contribution in [0.1, 0.15) is 68.0 Å². The number of fused-ring (bicyclic) bond motifs is 3. The summed E-state index contributed by atoms with van der Waals surface area (Å²) < 4.78 is 11.8. The van der Waals surface area contributed by atoms with E-state index in [0.29, 0.717) is 30.0 Å². The van der Waals surface area contributed by atoms with Gasteiger partial charge in [-0.15, -0.1) is 0 Å². The van der Waals surface area contributed by atoms with E-state index in [2.05, 4.69) is 61.4 Å². The van der Waals surface area contributed by atoms with Crippen LogP contribution in [0.3, 0.4) is 0 Å². The molecule has 0 radical (unpaired) electrons. The van der Waals surface area contributed by atoms with E-state index in [0.717, 1.165) is 48.3 Å². The number of aromatic amines is 1. The predicted molar refractivity (Wildman–Crippen MR) is 166 cm³/mol. The Hall–Kier alpha value is -3.48. The van der Waals surface area contributed by atoms with Crippen LogP contribution in [0, 0.1) is 6.92 Å². The van der Waals surface area contributed by atoms with Crippen LogP contribution in [0.5, 0.6) is 11.5 Å². The second kappa shape index (κ2) is 13.5. The lowest BCUT2D eigenvalue weighted by Crippen LogP contribution is -2.42. The van der Waals surface area contributed by atoms with Crippen molar-refractivity contribution in [3.63, 3.8) is 0 Å². The molecule has 0 bridgehead atoms. The van der Waals surface area contributed by atoms with Crippen molar-refractivity contribution in [2.45, 2.75) is 65.0 Å². The summed E-state index contributed by atoms with van der Waals surface area (Å²) in [6, 6.07) is 21.7. The number of H-pyrrole nitrogens is 1. The van der Waals surface area contributed by atoms with Crippen LogP contribution in [0.4, 0.5) is 4.79 Å². The molecule has 4 aromatic rings. The molecule has 0 fully saturated rings. The molecule has 216 valence electrons. The number of aryl methyl sites for hydroxylation is 1. The maximum absolute atomic E-state index is 13.5. The molecule has 2 heterocycles. The molecular formula is C34H40ClN3O3. The summed E-state index contributed by atoms with van der Waals surface area (Å²) in [5.74, 6) is 1.31. The summed E-state index contributed by atoms with van der Waals surface area (Å²) >= 11 is 6.03. The van der Waals surface area contributed by atoms with Gasteiger partial charge in [-0.2, -0.15) is 0 Å². The van der Waals surface area contributed by atoms with Crippen LogP contribution in [-0.4, -0.2) is 41.7 Å². The lowest BCUT2D eigenvalue weighted by atomic mass is 9.92. The summed E-state index contributed by atoms with van der Waals surface area (Å²) in [6.45, 7) is 8.79. The first-order valence-corrected chi connectivity index (χ1v) is 15.1. The molecule has 1 amide bonds. The molecule has 6 nitrogen and oxygen atoms in total. The number of amides is 1. The van der Waals surface area contributed by atoms with Crippen LogP contribution in [0.25, 0.3) is 10.9 Å². The second-order valence-corrected chi connectivity index (χ2v) is 11.6. The topological polar surface area (TPSA) is 66.6 Å². The Morgan fingerprint density at radius 1 is 1.00 bits per heavy atom. The average Bonchev–Trinajstić information content (AvgIpc) is 3.33. The molecule has 5 rings (SSSR count). The monoisotopic (exact) mass is 573 g/mol. The quantitative estimate of drug-likeness (QED) is 0.177. The summed E-state index contributed by atoms with van der Waals surface area (Å²) in [5.41, 5.74) is 5.60. The highest BCUT2D eigenvalue weighted by atomic mass is 35.5. The van der Waals surface area contributed by atoms with Crippen LogP contribution in [-0.2, 0) is 6.42 Å². The molecule has 1 aliphatic rings. The number of unbranched alkanes of at least 4 members (excludes halogenated alkanes) is 3. The highest BCUT2D eigenvalue weighted by Gasteiger charge is 2.35. The molecule has 1 atom stereocenters. The van der Waals surface area contributed by atoms with E-state index in [1.54, 1.807) is 24.3 Å². The largest absolute Gasteiger partial charge is 0.494 e. The first-order chi connectivity index (χ1) is 19.9. The van der Waals surface area contributed by atoms with E-state index in [1.165, 1.54) is 29.4 Å². The number of benzene rings is 3. The van der Waals surface area contributed by atoms with Gasteiger partial charge in [-0.25, -0.2) is 4.79 Å². The number of carbonyl (C=O) groups is 1. The Bertz CT molecular complexity index is 1450. The van der Waals surface area contributed by atoms with Gasteiger partial charge in [-0.05, 0) is 92.4 Å². The molecule has 0 spiro atoms. The minimum absolute atomic E-state index is 0.306. The van der Waals surface area contributed by atoms with Crippen LogP contribution >= 0.6 is 11.6 Å². The van der Waals surface area contributed by atoms with Gasteiger partial charge in [0.1, 0.15) is 17.5 Å². The van der Waals surface area contributed by atoms with Gasteiger partial charge in [0, 0.05) is 34.2 Å². The van der Waals surface area contributed by atoms with E-state index in [1.807, 2.05) is 17.0 Å². The van der Waals surface area contributed by atoms with Gasteiger partial charge in [0.2, 0.25) is 0 Å². The number of nitrogens with one attached hydrogen (secondary N) is 2. The Morgan fingerprint density at radius 3 is 2.49 bits per heavy atom. The third kappa shape index (κ3) is 7.24. The number of hydrogen-bond donors (Lipinski definition) is 2. The van der Waals surface area contributed by atoms with Crippen molar-refractivity contribution in [1.29, 1.82) is 0 Å². The number of halogens is 1. The average molecular weight is 574 g/mol. The molecule has 3 aromatic carbocycles. The fourth-order valence-corrected chi connectivity index (χ4v) is 5.64. The molecule has 1 aliphatic heterocycles. The van der Waals surface area contributed by atoms with Crippen molar-refractivity contribution in [2.24, 2.45) is 0 Å². The molecule has 0 aliphatic carbocycles. The van der Waals surface area contributed by atoms with Crippen LogP contribution < -0.4 is 14.8 Å². The fourth-order valence-electron chi connectivity index (χ4n) is 5.52. The summed E-state index contributed by atoms with van der Waals surface area (Å²) in [5, 5.41) is 5.28. The van der Waals surface area contributed by atoms with Gasteiger partial charge < -0.3 is 19.8 Å². The molecule has 0 saturated carbocycles. The van der Waals surface area contributed by atoms with Crippen molar-refractivity contribution in [1.82, 2.24) is 15.2 Å². The summed E-state index contributed by atoms with van der Waals surface area (Å²) in [4.78, 5) is 18.9.